The minimum atomic E-state index is -0.424. The molecule has 1 N–H and O–H groups in total. The molecule has 10 heteroatoms. The number of likely N-dealkylation sites (tertiary alicyclic amines) is 1. The average molecular weight is 441 g/mol. The highest BCUT2D eigenvalue weighted by Crippen LogP contribution is 2.22. The largest absolute Gasteiger partial charge is 0.468 e. The summed E-state index contributed by atoms with van der Waals surface area (Å²) in [4.78, 5) is 26.8. The Morgan fingerprint density at radius 1 is 1.28 bits per heavy atom. The first-order valence-corrected chi connectivity index (χ1v) is 10.4. The second kappa shape index (κ2) is 9.63. The van der Waals surface area contributed by atoms with E-state index in [0.717, 1.165) is 12.8 Å². The number of nitrogens with zero attached hydrogens (tertiary/aromatic N) is 4. The van der Waals surface area contributed by atoms with Crippen molar-refractivity contribution in [3.8, 4) is 5.95 Å². The molecule has 0 spiro atoms. The molecule has 4 rings (SSSR count). The highest BCUT2D eigenvalue weighted by molar-refractivity contribution is 5.92. The van der Waals surface area contributed by atoms with E-state index in [0.29, 0.717) is 31.1 Å². The molecule has 0 bridgehead atoms. The minimum Gasteiger partial charge on any atom is -0.468 e. The number of hydrogen-bond acceptors (Lipinski definition) is 6. The lowest BCUT2D eigenvalue weighted by Crippen LogP contribution is -2.41. The molecule has 2 amide bonds. The van der Waals surface area contributed by atoms with Crippen LogP contribution in [0.4, 0.5) is 4.39 Å². The van der Waals surface area contributed by atoms with Crippen molar-refractivity contribution in [1.29, 1.82) is 0 Å². The summed E-state index contributed by atoms with van der Waals surface area (Å²) >= 11 is 0. The summed E-state index contributed by atoms with van der Waals surface area (Å²) in [5, 5.41) is 10.6. The van der Waals surface area contributed by atoms with Gasteiger partial charge >= 0.3 is 0 Å². The number of nitrogens with one attached hydrogen (secondary N) is 1. The van der Waals surface area contributed by atoms with Crippen molar-refractivity contribution in [1.82, 2.24) is 25.2 Å². The monoisotopic (exact) mass is 441 g/mol. The van der Waals surface area contributed by atoms with E-state index in [-0.39, 0.29) is 35.6 Å². The predicted molar refractivity (Wildman–Crippen MR) is 111 cm³/mol. The van der Waals surface area contributed by atoms with Gasteiger partial charge in [0.1, 0.15) is 5.82 Å². The summed E-state index contributed by atoms with van der Waals surface area (Å²) in [5.41, 5.74) is 0.558. The second-order valence-corrected chi connectivity index (χ2v) is 7.68. The predicted octanol–water partition coefficient (Wildman–Crippen LogP) is 2.50. The summed E-state index contributed by atoms with van der Waals surface area (Å²) in [5.74, 6) is -0.264. The Balaban J connectivity index is 1.32. The van der Waals surface area contributed by atoms with E-state index in [2.05, 4.69) is 15.6 Å². The van der Waals surface area contributed by atoms with E-state index in [9.17, 15) is 14.0 Å². The number of carbonyl (C=O) groups is 2. The lowest BCUT2D eigenvalue weighted by molar-refractivity contribution is 0.0621. The van der Waals surface area contributed by atoms with Crippen molar-refractivity contribution >= 4 is 11.8 Å². The van der Waals surface area contributed by atoms with Crippen LogP contribution in [0.3, 0.4) is 0 Å². The van der Waals surface area contributed by atoms with E-state index in [1.165, 1.54) is 13.2 Å². The Labute approximate surface area is 184 Å². The van der Waals surface area contributed by atoms with Gasteiger partial charge in [-0.15, -0.1) is 5.10 Å². The first kappa shape index (κ1) is 21.5. The van der Waals surface area contributed by atoms with Crippen molar-refractivity contribution in [2.24, 2.45) is 5.92 Å². The number of rotatable bonds is 7. The van der Waals surface area contributed by atoms with Gasteiger partial charge in [-0.2, -0.15) is 0 Å². The SMILES string of the molecule is COc1ccc(C(=O)N2CCC[C@H](Cn3cc(C(=O)NCc4ccccc4F)nn3)C2)o1. The molecule has 0 radical (unpaired) electrons. The van der Waals surface area contributed by atoms with Crippen LogP contribution in [-0.4, -0.2) is 51.9 Å². The van der Waals surface area contributed by atoms with Crippen LogP contribution in [0.5, 0.6) is 5.95 Å². The number of aromatic nitrogens is 3. The smallest absolute Gasteiger partial charge is 0.289 e. The second-order valence-electron chi connectivity index (χ2n) is 7.68. The van der Waals surface area contributed by atoms with Crippen molar-refractivity contribution in [3.63, 3.8) is 0 Å². The maximum Gasteiger partial charge on any atom is 0.289 e. The van der Waals surface area contributed by atoms with E-state index in [4.69, 9.17) is 9.15 Å². The molecule has 168 valence electrons. The zero-order valence-electron chi connectivity index (χ0n) is 17.7. The molecule has 32 heavy (non-hydrogen) atoms. The number of methoxy groups -OCH3 is 1. The molecule has 1 aliphatic rings. The topological polar surface area (TPSA) is 102 Å². The Bertz CT molecular complexity index is 1100. The molecule has 9 nitrogen and oxygen atoms in total. The molecular weight excluding hydrogens is 417 g/mol. The number of hydrogen-bond donors (Lipinski definition) is 1. The summed E-state index contributed by atoms with van der Waals surface area (Å²) in [6.07, 6.45) is 3.35. The van der Waals surface area contributed by atoms with Crippen molar-refractivity contribution in [2.75, 3.05) is 20.2 Å². The third-order valence-electron chi connectivity index (χ3n) is 5.41. The lowest BCUT2D eigenvalue weighted by Gasteiger charge is -2.32. The third-order valence-corrected chi connectivity index (χ3v) is 5.41. The van der Waals surface area contributed by atoms with Gasteiger partial charge in [0.2, 0.25) is 0 Å². The molecular formula is C22H24FN5O4. The zero-order valence-corrected chi connectivity index (χ0v) is 17.7. The number of carbonyl (C=O) groups excluding carboxylic acids is 2. The van der Waals surface area contributed by atoms with Crippen LogP contribution in [-0.2, 0) is 13.1 Å². The third kappa shape index (κ3) is 4.96. The van der Waals surface area contributed by atoms with Crippen molar-refractivity contribution in [2.45, 2.75) is 25.9 Å². The quantitative estimate of drug-likeness (QED) is 0.604. The molecule has 2 aromatic heterocycles. The maximum absolute atomic E-state index is 13.7. The van der Waals surface area contributed by atoms with Gasteiger partial charge in [-0.3, -0.25) is 14.3 Å². The van der Waals surface area contributed by atoms with Gasteiger partial charge in [0, 0.05) is 37.8 Å². The highest BCUT2D eigenvalue weighted by atomic mass is 19.1. The Morgan fingerprint density at radius 3 is 2.91 bits per heavy atom. The standard InChI is InChI=1S/C22H24FN5O4/c1-31-20-9-8-19(32-20)22(30)27-10-4-5-15(12-27)13-28-14-18(25-26-28)21(29)24-11-16-6-2-3-7-17(16)23/h2-3,6-9,14-15H,4-5,10-13H2,1H3,(H,24,29)/t15-/m0/s1. The fraction of sp³-hybridized carbons (Fsp3) is 0.364. The van der Waals surface area contributed by atoms with Gasteiger partial charge in [-0.05, 0) is 30.9 Å². The summed E-state index contributed by atoms with van der Waals surface area (Å²) in [6, 6.07) is 9.48. The van der Waals surface area contributed by atoms with Crippen LogP contribution in [0, 0.1) is 11.7 Å². The van der Waals surface area contributed by atoms with Crippen LogP contribution in [0.1, 0.15) is 39.4 Å². The number of amides is 2. The summed E-state index contributed by atoms with van der Waals surface area (Å²) in [7, 11) is 1.48. The number of furan rings is 1. The normalized spacial score (nSPS) is 16.1. The van der Waals surface area contributed by atoms with Crippen molar-refractivity contribution in [3.05, 3.63) is 65.4 Å². The average Bonchev–Trinajstić information content (AvgIpc) is 3.48. The van der Waals surface area contributed by atoms with Gasteiger partial charge in [0.25, 0.3) is 17.8 Å². The van der Waals surface area contributed by atoms with Gasteiger partial charge in [0.15, 0.2) is 11.5 Å². The van der Waals surface area contributed by atoms with Gasteiger partial charge < -0.3 is 19.4 Å². The van der Waals surface area contributed by atoms with Gasteiger partial charge in [-0.25, -0.2) is 4.39 Å². The minimum absolute atomic E-state index is 0.0651. The Morgan fingerprint density at radius 2 is 2.12 bits per heavy atom. The molecule has 3 aromatic rings. The molecule has 0 unspecified atom stereocenters. The van der Waals surface area contributed by atoms with Crippen LogP contribution >= 0.6 is 0 Å². The first-order chi connectivity index (χ1) is 15.5. The zero-order chi connectivity index (χ0) is 22.5. The van der Waals surface area contributed by atoms with E-state index < -0.39 is 5.91 Å². The molecule has 1 saturated heterocycles. The molecule has 3 heterocycles. The van der Waals surface area contributed by atoms with E-state index >= 15 is 0 Å². The Kier molecular flexibility index (Phi) is 6.48. The van der Waals surface area contributed by atoms with Gasteiger partial charge in [-0.1, -0.05) is 23.4 Å². The Hall–Kier alpha value is -3.69. The molecule has 0 saturated carbocycles. The van der Waals surface area contributed by atoms with E-state index in [1.807, 2.05) is 0 Å². The lowest BCUT2D eigenvalue weighted by atomic mass is 9.98. The highest BCUT2D eigenvalue weighted by Gasteiger charge is 2.27. The fourth-order valence-electron chi connectivity index (χ4n) is 3.76. The van der Waals surface area contributed by atoms with Crippen LogP contribution in [0.2, 0.25) is 0 Å². The molecule has 1 fully saturated rings. The van der Waals surface area contributed by atoms with Crippen LogP contribution in [0.25, 0.3) is 0 Å². The van der Waals surface area contributed by atoms with E-state index in [1.54, 1.807) is 46.1 Å². The molecule has 0 aliphatic carbocycles. The van der Waals surface area contributed by atoms with Crippen LogP contribution < -0.4 is 10.1 Å². The fourth-order valence-corrected chi connectivity index (χ4v) is 3.76. The maximum atomic E-state index is 13.7. The van der Waals surface area contributed by atoms with Crippen LogP contribution in [0.15, 0.2) is 47.0 Å². The molecule has 1 aromatic carbocycles. The number of benzene rings is 1. The van der Waals surface area contributed by atoms with Gasteiger partial charge in [0.05, 0.1) is 13.3 Å². The number of ether oxygens (including phenoxy) is 1. The van der Waals surface area contributed by atoms with Crippen molar-refractivity contribution < 1.29 is 23.1 Å². The number of piperidine rings is 1. The number of halogens is 1. The molecule has 1 aliphatic heterocycles. The molecule has 1 atom stereocenters. The first-order valence-electron chi connectivity index (χ1n) is 10.4. The summed E-state index contributed by atoms with van der Waals surface area (Å²) < 4.78 is 25.7. The summed E-state index contributed by atoms with van der Waals surface area (Å²) in [6.45, 7) is 1.80.